The van der Waals surface area contributed by atoms with E-state index in [1.807, 2.05) is 30.3 Å². The van der Waals surface area contributed by atoms with Crippen molar-refractivity contribution < 1.29 is 14.3 Å². The fraction of sp³-hybridized carbons (Fsp3) is 0.222. The number of hydrogen-bond donors (Lipinski definition) is 1. The Bertz CT molecular complexity index is 679. The van der Waals surface area contributed by atoms with Crippen LogP contribution in [0.4, 0.5) is 0 Å². The molecule has 0 radical (unpaired) electrons. The molecule has 1 saturated heterocycles. The summed E-state index contributed by atoms with van der Waals surface area (Å²) in [5.74, 6) is 1.10. The minimum absolute atomic E-state index is 0.0337. The molecule has 5 nitrogen and oxygen atoms in total. The Balaban J connectivity index is 1.53. The summed E-state index contributed by atoms with van der Waals surface area (Å²) in [6, 6.07) is 16.3. The van der Waals surface area contributed by atoms with Crippen LogP contribution in [0.3, 0.4) is 0 Å². The molecule has 0 unspecified atom stereocenters. The maximum atomic E-state index is 12.0. The molecular formula is C18H18N2O3. The summed E-state index contributed by atoms with van der Waals surface area (Å²) in [6.45, 7) is 1.63. The third-order valence-electron chi connectivity index (χ3n) is 3.70. The Morgan fingerprint density at radius 3 is 2.22 bits per heavy atom. The molecule has 0 spiro atoms. The highest BCUT2D eigenvalue weighted by Crippen LogP contribution is 2.21. The highest BCUT2D eigenvalue weighted by Gasteiger charge is 2.20. The van der Waals surface area contributed by atoms with Gasteiger partial charge in [-0.1, -0.05) is 18.2 Å². The lowest BCUT2D eigenvalue weighted by atomic mass is 10.2. The normalized spacial score (nSPS) is 13.1. The average molecular weight is 310 g/mol. The van der Waals surface area contributed by atoms with Crippen LogP contribution in [0.2, 0.25) is 0 Å². The van der Waals surface area contributed by atoms with Crippen molar-refractivity contribution in [3.8, 4) is 11.5 Å². The zero-order valence-electron chi connectivity index (χ0n) is 12.7. The van der Waals surface area contributed by atoms with Crippen molar-refractivity contribution >= 4 is 11.8 Å². The largest absolute Gasteiger partial charge is 0.457 e. The van der Waals surface area contributed by atoms with E-state index in [1.165, 1.54) is 0 Å². The van der Waals surface area contributed by atoms with E-state index >= 15 is 0 Å². The van der Waals surface area contributed by atoms with Gasteiger partial charge in [0.2, 0.25) is 5.91 Å². The SMILES string of the molecule is O=C(NCC(=O)N1CCC1)c1ccc(Oc2ccccc2)cc1. The topological polar surface area (TPSA) is 58.6 Å². The molecule has 1 aliphatic rings. The lowest BCUT2D eigenvalue weighted by Gasteiger charge is -2.30. The van der Waals surface area contributed by atoms with Crippen molar-refractivity contribution in [3.05, 3.63) is 60.2 Å². The second kappa shape index (κ2) is 6.96. The van der Waals surface area contributed by atoms with Crippen molar-refractivity contribution in [2.24, 2.45) is 0 Å². The number of amides is 2. The van der Waals surface area contributed by atoms with Gasteiger partial charge < -0.3 is 15.0 Å². The molecule has 0 atom stereocenters. The molecule has 1 aliphatic heterocycles. The average Bonchev–Trinajstić information content (AvgIpc) is 2.53. The summed E-state index contributed by atoms with van der Waals surface area (Å²) in [6.07, 6.45) is 1.04. The molecular weight excluding hydrogens is 292 g/mol. The monoisotopic (exact) mass is 310 g/mol. The van der Waals surface area contributed by atoms with E-state index in [-0.39, 0.29) is 18.4 Å². The number of ether oxygens (including phenoxy) is 1. The Morgan fingerprint density at radius 1 is 0.957 bits per heavy atom. The molecule has 3 rings (SSSR count). The summed E-state index contributed by atoms with van der Waals surface area (Å²) >= 11 is 0. The van der Waals surface area contributed by atoms with Crippen LogP contribution in [0.5, 0.6) is 11.5 Å². The number of carbonyl (C=O) groups excluding carboxylic acids is 2. The quantitative estimate of drug-likeness (QED) is 0.923. The van der Waals surface area contributed by atoms with E-state index in [1.54, 1.807) is 29.2 Å². The second-order valence-electron chi connectivity index (χ2n) is 5.36. The standard InChI is InChI=1S/C18H18N2O3/c21-17(20-11-4-12-20)13-19-18(22)14-7-9-16(10-8-14)23-15-5-2-1-3-6-15/h1-3,5-10H,4,11-13H2,(H,19,22). The number of para-hydroxylation sites is 1. The van der Waals surface area contributed by atoms with Gasteiger partial charge in [0, 0.05) is 18.7 Å². The molecule has 0 bridgehead atoms. The first-order valence-electron chi connectivity index (χ1n) is 7.61. The molecule has 1 fully saturated rings. The van der Waals surface area contributed by atoms with Crippen LogP contribution < -0.4 is 10.1 Å². The van der Waals surface area contributed by atoms with Crippen LogP contribution in [-0.4, -0.2) is 36.3 Å². The van der Waals surface area contributed by atoms with Gasteiger partial charge in [-0.3, -0.25) is 9.59 Å². The molecule has 2 aromatic rings. The highest BCUT2D eigenvalue weighted by atomic mass is 16.5. The zero-order chi connectivity index (χ0) is 16.1. The zero-order valence-corrected chi connectivity index (χ0v) is 12.7. The molecule has 5 heteroatoms. The summed E-state index contributed by atoms with van der Waals surface area (Å²) in [5.41, 5.74) is 0.502. The number of rotatable bonds is 5. The Hall–Kier alpha value is -2.82. The van der Waals surface area contributed by atoms with E-state index < -0.39 is 0 Å². The number of nitrogens with one attached hydrogen (secondary N) is 1. The second-order valence-corrected chi connectivity index (χ2v) is 5.36. The van der Waals surface area contributed by atoms with Gasteiger partial charge >= 0.3 is 0 Å². The van der Waals surface area contributed by atoms with Crippen molar-refractivity contribution in [2.45, 2.75) is 6.42 Å². The number of carbonyl (C=O) groups is 2. The predicted molar refractivity (Wildman–Crippen MR) is 86.5 cm³/mol. The summed E-state index contributed by atoms with van der Waals surface area (Å²) in [4.78, 5) is 25.5. The molecule has 2 aromatic carbocycles. The minimum atomic E-state index is -0.259. The highest BCUT2D eigenvalue weighted by molar-refractivity contribution is 5.96. The maximum Gasteiger partial charge on any atom is 0.251 e. The van der Waals surface area contributed by atoms with Crippen molar-refractivity contribution in [1.82, 2.24) is 10.2 Å². The van der Waals surface area contributed by atoms with Crippen LogP contribution >= 0.6 is 0 Å². The Kier molecular flexibility index (Phi) is 4.57. The van der Waals surface area contributed by atoms with Gasteiger partial charge in [0.25, 0.3) is 5.91 Å². The molecule has 23 heavy (non-hydrogen) atoms. The molecule has 0 aromatic heterocycles. The van der Waals surface area contributed by atoms with E-state index in [4.69, 9.17) is 4.74 Å². The van der Waals surface area contributed by atoms with Crippen LogP contribution in [0.1, 0.15) is 16.8 Å². The molecule has 118 valence electrons. The van der Waals surface area contributed by atoms with Crippen LogP contribution in [0.15, 0.2) is 54.6 Å². The van der Waals surface area contributed by atoms with Gasteiger partial charge in [-0.15, -0.1) is 0 Å². The van der Waals surface area contributed by atoms with Gasteiger partial charge in [-0.05, 0) is 42.8 Å². The van der Waals surface area contributed by atoms with E-state index in [0.29, 0.717) is 11.3 Å². The molecule has 0 aliphatic carbocycles. The van der Waals surface area contributed by atoms with Gasteiger partial charge in [0.1, 0.15) is 11.5 Å². The lowest BCUT2D eigenvalue weighted by Crippen LogP contribution is -2.47. The molecule has 0 saturated carbocycles. The Labute approximate surface area is 134 Å². The summed E-state index contributed by atoms with van der Waals surface area (Å²) < 4.78 is 5.67. The van der Waals surface area contributed by atoms with Gasteiger partial charge in [-0.25, -0.2) is 0 Å². The van der Waals surface area contributed by atoms with Crippen LogP contribution in [-0.2, 0) is 4.79 Å². The van der Waals surface area contributed by atoms with Crippen LogP contribution in [0.25, 0.3) is 0 Å². The van der Waals surface area contributed by atoms with Gasteiger partial charge in [0.05, 0.1) is 6.54 Å². The van der Waals surface area contributed by atoms with Gasteiger partial charge in [-0.2, -0.15) is 0 Å². The lowest BCUT2D eigenvalue weighted by molar-refractivity contribution is -0.133. The first-order valence-corrected chi connectivity index (χ1v) is 7.61. The molecule has 1 heterocycles. The maximum absolute atomic E-state index is 12.0. The third kappa shape index (κ3) is 3.88. The summed E-state index contributed by atoms with van der Waals surface area (Å²) in [5, 5.41) is 2.65. The Morgan fingerprint density at radius 2 is 1.61 bits per heavy atom. The first-order chi connectivity index (χ1) is 11.2. The first kappa shape index (κ1) is 15.1. The minimum Gasteiger partial charge on any atom is -0.457 e. The number of likely N-dealkylation sites (tertiary alicyclic amines) is 1. The van der Waals surface area contributed by atoms with Crippen LogP contribution in [0, 0.1) is 0 Å². The number of nitrogens with zero attached hydrogens (tertiary/aromatic N) is 1. The number of hydrogen-bond acceptors (Lipinski definition) is 3. The predicted octanol–water partition coefficient (Wildman–Crippen LogP) is 2.44. The third-order valence-corrected chi connectivity index (χ3v) is 3.70. The van der Waals surface area contributed by atoms with E-state index in [9.17, 15) is 9.59 Å². The van der Waals surface area contributed by atoms with Crippen molar-refractivity contribution in [2.75, 3.05) is 19.6 Å². The molecule has 2 amide bonds. The van der Waals surface area contributed by atoms with Crippen molar-refractivity contribution in [1.29, 1.82) is 0 Å². The van der Waals surface area contributed by atoms with E-state index in [2.05, 4.69) is 5.32 Å². The fourth-order valence-corrected chi connectivity index (χ4v) is 2.23. The molecule has 1 N–H and O–H groups in total. The van der Waals surface area contributed by atoms with Crippen molar-refractivity contribution in [3.63, 3.8) is 0 Å². The van der Waals surface area contributed by atoms with E-state index in [0.717, 1.165) is 25.3 Å². The number of benzene rings is 2. The van der Waals surface area contributed by atoms with Gasteiger partial charge in [0.15, 0.2) is 0 Å². The summed E-state index contributed by atoms with van der Waals surface area (Å²) in [7, 11) is 0. The fourth-order valence-electron chi connectivity index (χ4n) is 2.23. The smallest absolute Gasteiger partial charge is 0.251 e.